The number of benzene rings is 1. The van der Waals surface area contributed by atoms with Crippen LogP contribution in [0.2, 0.25) is 0 Å². The van der Waals surface area contributed by atoms with Crippen molar-refractivity contribution in [2.75, 3.05) is 27.2 Å². The van der Waals surface area contributed by atoms with E-state index in [9.17, 15) is 0 Å². The maximum absolute atomic E-state index is 5.32. The van der Waals surface area contributed by atoms with E-state index in [0.29, 0.717) is 6.04 Å². The van der Waals surface area contributed by atoms with Gasteiger partial charge in [-0.05, 0) is 63.0 Å². The molecule has 1 aromatic carbocycles. The van der Waals surface area contributed by atoms with Crippen molar-refractivity contribution in [3.63, 3.8) is 0 Å². The van der Waals surface area contributed by atoms with Crippen LogP contribution in [0.4, 0.5) is 0 Å². The largest absolute Gasteiger partial charge is 0.496 e. The average Bonchev–Trinajstić information content (AvgIpc) is 2.88. The molecule has 1 heterocycles. The first kappa shape index (κ1) is 13.4. The number of methoxy groups -OCH3 is 1. The standard InChI is InChI=1S/C15H24N2O/c1-11-8-13(4-5-15(11)18-3)14(16-2)9-12-6-7-17-10-12/h4-5,8,12,14,16-17H,6-7,9-10H2,1-3H3. The number of rotatable bonds is 5. The lowest BCUT2D eigenvalue weighted by Gasteiger charge is -2.21. The number of aryl methyl sites for hydroxylation is 1. The highest BCUT2D eigenvalue weighted by Crippen LogP contribution is 2.28. The quantitative estimate of drug-likeness (QED) is 0.838. The molecule has 1 aliphatic heterocycles. The van der Waals surface area contributed by atoms with Crippen molar-refractivity contribution >= 4 is 0 Å². The van der Waals surface area contributed by atoms with Crippen LogP contribution in [0.5, 0.6) is 5.75 Å². The third kappa shape index (κ3) is 3.03. The van der Waals surface area contributed by atoms with Gasteiger partial charge in [-0.25, -0.2) is 0 Å². The number of ether oxygens (including phenoxy) is 1. The fourth-order valence-electron chi connectivity index (χ4n) is 2.79. The van der Waals surface area contributed by atoms with Gasteiger partial charge in [0.1, 0.15) is 5.75 Å². The summed E-state index contributed by atoms with van der Waals surface area (Å²) in [5, 5.41) is 6.88. The summed E-state index contributed by atoms with van der Waals surface area (Å²) in [6.45, 7) is 4.43. The van der Waals surface area contributed by atoms with Crippen molar-refractivity contribution in [3.05, 3.63) is 29.3 Å². The zero-order chi connectivity index (χ0) is 13.0. The van der Waals surface area contributed by atoms with Crippen LogP contribution in [0.25, 0.3) is 0 Å². The van der Waals surface area contributed by atoms with E-state index >= 15 is 0 Å². The molecular formula is C15H24N2O. The van der Waals surface area contributed by atoms with Crippen LogP contribution in [-0.2, 0) is 0 Å². The molecule has 2 atom stereocenters. The van der Waals surface area contributed by atoms with Gasteiger partial charge in [0, 0.05) is 6.04 Å². The normalized spacial score (nSPS) is 20.9. The van der Waals surface area contributed by atoms with Crippen LogP contribution in [0.3, 0.4) is 0 Å². The van der Waals surface area contributed by atoms with Crippen molar-refractivity contribution in [1.82, 2.24) is 10.6 Å². The highest BCUT2D eigenvalue weighted by molar-refractivity contribution is 5.37. The fraction of sp³-hybridized carbons (Fsp3) is 0.600. The molecule has 18 heavy (non-hydrogen) atoms. The van der Waals surface area contributed by atoms with Crippen LogP contribution in [0, 0.1) is 12.8 Å². The van der Waals surface area contributed by atoms with E-state index < -0.39 is 0 Å². The van der Waals surface area contributed by atoms with Gasteiger partial charge in [-0.2, -0.15) is 0 Å². The Morgan fingerprint density at radius 3 is 2.89 bits per heavy atom. The third-order valence-corrected chi connectivity index (χ3v) is 3.90. The van der Waals surface area contributed by atoms with Gasteiger partial charge in [-0.1, -0.05) is 12.1 Å². The minimum absolute atomic E-state index is 0.444. The van der Waals surface area contributed by atoms with Gasteiger partial charge in [0.15, 0.2) is 0 Å². The lowest BCUT2D eigenvalue weighted by molar-refractivity contribution is 0.409. The summed E-state index contributed by atoms with van der Waals surface area (Å²) < 4.78 is 5.32. The monoisotopic (exact) mass is 248 g/mol. The minimum atomic E-state index is 0.444. The van der Waals surface area contributed by atoms with Crippen LogP contribution >= 0.6 is 0 Å². The number of hydrogen-bond acceptors (Lipinski definition) is 3. The molecule has 2 unspecified atom stereocenters. The Morgan fingerprint density at radius 1 is 1.50 bits per heavy atom. The molecule has 1 saturated heterocycles. The molecule has 3 nitrogen and oxygen atoms in total. The Hall–Kier alpha value is -1.06. The molecule has 100 valence electrons. The van der Waals surface area contributed by atoms with Gasteiger partial charge in [-0.15, -0.1) is 0 Å². The van der Waals surface area contributed by atoms with Crippen LogP contribution in [0.1, 0.15) is 30.0 Å². The molecule has 1 aromatic rings. The molecule has 0 bridgehead atoms. The summed E-state index contributed by atoms with van der Waals surface area (Å²) in [5.41, 5.74) is 2.57. The van der Waals surface area contributed by atoms with Gasteiger partial charge in [0.25, 0.3) is 0 Å². The molecule has 3 heteroatoms. The zero-order valence-corrected chi connectivity index (χ0v) is 11.6. The molecule has 2 N–H and O–H groups in total. The Bertz CT molecular complexity index is 386. The van der Waals surface area contributed by atoms with Gasteiger partial charge in [0.05, 0.1) is 7.11 Å². The predicted molar refractivity (Wildman–Crippen MR) is 75.1 cm³/mol. The first-order chi connectivity index (χ1) is 8.74. The van der Waals surface area contributed by atoms with Crippen LogP contribution < -0.4 is 15.4 Å². The molecule has 0 spiro atoms. The van der Waals surface area contributed by atoms with E-state index in [4.69, 9.17) is 4.74 Å². The lowest BCUT2D eigenvalue weighted by Crippen LogP contribution is -2.21. The smallest absolute Gasteiger partial charge is 0.121 e. The lowest BCUT2D eigenvalue weighted by atomic mass is 9.93. The molecule has 0 aromatic heterocycles. The van der Waals surface area contributed by atoms with E-state index in [-0.39, 0.29) is 0 Å². The van der Waals surface area contributed by atoms with Crippen LogP contribution in [0.15, 0.2) is 18.2 Å². The zero-order valence-electron chi connectivity index (χ0n) is 11.6. The molecule has 0 aliphatic carbocycles. The summed E-state index contributed by atoms with van der Waals surface area (Å²) >= 11 is 0. The van der Waals surface area contributed by atoms with Crippen molar-refractivity contribution < 1.29 is 4.74 Å². The Kier molecular flexibility index (Phi) is 4.61. The molecule has 2 rings (SSSR count). The van der Waals surface area contributed by atoms with Gasteiger partial charge in [0.2, 0.25) is 0 Å². The second-order valence-corrected chi connectivity index (χ2v) is 5.16. The fourth-order valence-corrected chi connectivity index (χ4v) is 2.79. The van der Waals surface area contributed by atoms with Crippen molar-refractivity contribution in [1.29, 1.82) is 0 Å². The second kappa shape index (κ2) is 6.21. The minimum Gasteiger partial charge on any atom is -0.496 e. The Balaban J connectivity index is 2.08. The summed E-state index contributed by atoms with van der Waals surface area (Å²) in [6, 6.07) is 6.93. The molecule has 1 aliphatic rings. The first-order valence-electron chi connectivity index (χ1n) is 6.77. The predicted octanol–water partition coefficient (Wildman–Crippen LogP) is 2.26. The Labute approximate surface area is 110 Å². The summed E-state index contributed by atoms with van der Waals surface area (Å²) in [6.07, 6.45) is 2.50. The number of nitrogens with one attached hydrogen (secondary N) is 2. The highest BCUT2D eigenvalue weighted by Gasteiger charge is 2.20. The molecule has 0 amide bonds. The molecule has 0 saturated carbocycles. The topological polar surface area (TPSA) is 33.3 Å². The maximum Gasteiger partial charge on any atom is 0.121 e. The summed E-state index contributed by atoms with van der Waals surface area (Å²) in [4.78, 5) is 0. The summed E-state index contributed by atoms with van der Waals surface area (Å²) in [5.74, 6) is 1.76. The maximum atomic E-state index is 5.32. The van der Waals surface area contributed by atoms with Crippen molar-refractivity contribution in [3.8, 4) is 5.75 Å². The van der Waals surface area contributed by atoms with E-state index in [2.05, 4.69) is 35.8 Å². The van der Waals surface area contributed by atoms with E-state index in [0.717, 1.165) is 18.2 Å². The second-order valence-electron chi connectivity index (χ2n) is 5.16. The van der Waals surface area contributed by atoms with Gasteiger partial charge in [-0.3, -0.25) is 0 Å². The Morgan fingerprint density at radius 2 is 2.33 bits per heavy atom. The molecular weight excluding hydrogens is 224 g/mol. The first-order valence-corrected chi connectivity index (χ1v) is 6.77. The van der Waals surface area contributed by atoms with Crippen LogP contribution in [-0.4, -0.2) is 27.2 Å². The molecule has 0 radical (unpaired) electrons. The number of hydrogen-bond donors (Lipinski definition) is 2. The molecule has 1 fully saturated rings. The van der Waals surface area contributed by atoms with Gasteiger partial charge < -0.3 is 15.4 Å². The van der Waals surface area contributed by atoms with E-state index in [1.54, 1.807) is 7.11 Å². The van der Waals surface area contributed by atoms with E-state index in [1.165, 1.54) is 30.5 Å². The highest BCUT2D eigenvalue weighted by atomic mass is 16.5. The third-order valence-electron chi connectivity index (χ3n) is 3.90. The SMILES string of the molecule is CNC(CC1CCNC1)c1ccc(OC)c(C)c1. The summed E-state index contributed by atoms with van der Waals surface area (Å²) in [7, 11) is 3.77. The van der Waals surface area contributed by atoms with Crippen molar-refractivity contribution in [2.45, 2.75) is 25.8 Å². The average molecular weight is 248 g/mol. The van der Waals surface area contributed by atoms with E-state index in [1.807, 2.05) is 7.05 Å². The van der Waals surface area contributed by atoms with Gasteiger partial charge >= 0.3 is 0 Å². The van der Waals surface area contributed by atoms with Crippen molar-refractivity contribution in [2.24, 2.45) is 5.92 Å².